The van der Waals surface area contributed by atoms with Crippen molar-refractivity contribution in [2.24, 2.45) is 0 Å². The lowest BCUT2D eigenvalue weighted by molar-refractivity contribution is 0.669. The van der Waals surface area contributed by atoms with Gasteiger partial charge in [-0.1, -0.05) is 358 Å². The number of aromatic nitrogens is 6. The van der Waals surface area contributed by atoms with Gasteiger partial charge in [-0.05, 0) is 203 Å². The highest BCUT2D eigenvalue weighted by Crippen LogP contribution is 2.48. The first-order valence-electron chi connectivity index (χ1n) is 50.2. The maximum atomic E-state index is 6.39. The number of hydrogen-bond donors (Lipinski definition) is 0. The Morgan fingerprint density at radius 1 is 0.109 bits per heavy atom. The van der Waals surface area contributed by atoms with E-state index in [1.807, 2.05) is 36.4 Å². The lowest BCUT2D eigenvalue weighted by Crippen LogP contribution is -1.95. The Bertz CT molecular complexity index is 10900. The zero-order valence-corrected chi connectivity index (χ0v) is 79.6. The highest BCUT2D eigenvalue weighted by molar-refractivity contribution is 6.24. The molecule has 23 aromatic carbocycles. The van der Waals surface area contributed by atoms with Gasteiger partial charge in [0, 0.05) is 148 Å². The van der Waals surface area contributed by atoms with Gasteiger partial charge in [0.15, 0.2) is 0 Å². The SMILES string of the molecule is c1ccc(-c2ccc(-n3c4ccccc4c4cc5c(cc43)c3ccccc3n5-c3ccc(-c4cccc5c4oc4ccccc45)cc3)cc2)cc1.c1ccc(-c2cccc(-n3c4ccccc4c4cc5c(cc43)c3ccccc3n5-c3ccc(-c4cccc5c4oc4ccccc45)cc3)c2)cc1.c1ccc(-n2c3ccccc3c3cc4c(cc32)c2ccccc2n4-c2ccc(-c3cccc4c3oc3ccccc34)cc2)cc1. The van der Waals surface area contributed by atoms with Crippen LogP contribution in [0.15, 0.2) is 535 Å². The summed E-state index contributed by atoms with van der Waals surface area (Å²) in [5.74, 6) is 0. The van der Waals surface area contributed by atoms with E-state index in [9.17, 15) is 0 Å². The first kappa shape index (κ1) is 83.1. The second kappa shape index (κ2) is 33.5. The average molecular weight is 1880 g/mol. The maximum absolute atomic E-state index is 6.39. The summed E-state index contributed by atoms with van der Waals surface area (Å²) < 4.78 is 33.6. The van der Waals surface area contributed by atoms with E-state index in [1.54, 1.807) is 0 Å². The fourth-order valence-electron chi connectivity index (χ4n) is 23.7. The van der Waals surface area contributed by atoms with Gasteiger partial charge in [0.1, 0.15) is 33.5 Å². The van der Waals surface area contributed by atoms with Crippen molar-refractivity contribution in [3.05, 3.63) is 522 Å². The summed E-state index contributed by atoms with van der Waals surface area (Å²) in [6.45, 7) is 0. The molecule has 9 aromatic heterocycles. The Morgan fingerprint density at radius 2 is 0.306 bits per heavy atom. The second-order valence-corrected chi connectivity index (χ2v) is 38.4. The van der Waals surface area contributed by atoms with Crippen LogP contribution in [0.25, 0.3) is 286 Å². The van der Waals surface area contributed by atoms with Gasteiger partial charge in [-0.15, -0.1) is 0 Å². The summed E-state index contributed by atoms with van der Waals surface area (Å²) in [6, 6.07) is 187. The molecule has 9 heterocycles. The van der Waals surface area contributed by atoms with E-state index in [4.69, 9.17) is 13.3 Å². The van der Waals surface area contributed by atoms with Crippen LogP contribution in [0.5, 0.6) is 0 Å². The van der Waals surface area contributed by atoms with E-state index in [0.717, 1.165) is 128 Å². The van der Waals surface area contributed by atoms with E-state index < -0.39 is 0 Å². The van der Waals surface area contributed by atoms with Gasteiger partial charge < -0.3 is 40.7 Å². The molecule has 0 fully saturated rings. The molecule has 686 valence electrons. The van der Waals surface area contributed by atoms with Crippen LogP contribution in [0.4, 0.5) is 0 Å². The molecular weight excluding hydrogens is 1790 g/mol. The highest BCUT2D eigenvalue weighted by atomic mass is 16.3. The van der Waals surface area contributed by atoms with Crippen molar-refractivity contribution in [3.63, 3.8) is 0 Å². The molecule has 0 unspecified atom stereocenters. The molecule has 32 aromatic rings. The van der Waals surface area contributed by atoms with Gasteiger partial charge in [-0.25, -0.2) is 0 Å². The number of rotatable bonds is 11. The van der Waals surface area contributed by atoms with Crippen molar-refractivity contribution in [3.8, 4) is 89.8 Å². The molecule has 0 radical (unpaired) electrons. The topological polar surface area (TPSA) is 69.0 Å². The van der Waals surface area contributed by atoms with Crippen LogP contribution in [-0.2, 0) is 0 Å². The Hall–Kier alpha value is -19.7. The number of furan rings is 3. The lowest BCUT2D eigenvalue weighted by atomic mass is 10.0. The van der Waals surface area contributed by atoms with Crippen LogP contribution >= 0.6 is 0 Å². The van der Waals surface area contributed by atoms with Crippen molar-refractivity contribution >= 4 is 197 Å². The number of nitrogens with zero attached hydrogens (tertiary/aromatic N) is 6. The first-order chi connectivity index (χ1) is 72.9. The van der Waals surface area contributed by atoms with E-state index in [1.165, 1.54) is 159 Å². The molecule has 0 spiro atoms. The minimum atomic E-state index is 0.915. The number of para-hydroxylation sites is 13. The lowest BCUT2D eigenvalue weighted by Gasteiger charge is -2.11. The molecule has 9 nitrogen and oxygen atoms in total. The Balaban J connectivity index is 0.000000102. The van der Waals surface area contributed by atoms with Gasteiger partial charge >= 0.3 is 0 Å². The van der Waals surface area contributed by atoms with E-state index in [-0.39, 0.29) is 0 Å². The van der Waals surface area contributed by atoms with Crippen molar-refractivity contribution in [2.75, 3.05) is 0 Å². The Morgan fingerprint density at radius 3 is 0.599 bits per heavy atom. The molecule has 0 bridgehead atoms. The molecular formula is C138H86N6O3. The predicted octanol–water partition coefficient (Wildman–Crippen LogP) is 37.7. The van der Waals surface area contributed by atoms with Crippen LogP contribution in [-0.4, -0.2) is 27.4 Å². The van der Waals surface area contributed by atoms with Gasteiger partial charge in [-0.2, -0.15) is 0 Å². The van der Waals surface area contributed by atoms with E-state index >= 15 is 0 Å². The predicted molar refractivity (Wildman–Crippen MR) is 614 cm³/mol. The van der Waals surface area contributed by atoms with Gasteiger partial charge in [0.05, 0.1) is 66.2 Å². The van der Waals surface area contributed by atoms with E-state index in [0.29, 0.717) is 0 Å². The third-order valence-electron chi connectivity index (χ3n) is 30.4. The quantitative estimate of drug-likeness (QED) is 0.130. The fourth-order valence-corrected chi connectivity index (χ4v) is 23.7. The zero-order chi connectivity index (χ0) is 96.4. The molecule has 147 heavy (non-hydrogen) atoms. The summed E-state index contributed by atoms with van der Waals surface area (Å²) in [5.41, 5.74) is 38.3. The third kappa shape index (κ3) is 13.3. The molecule has 9 heteroatoms. The Labute approximate surface area is 842 Å². The normalized spacial score (nSPS) is 11.9. The fraction of sp³-hybridized carbons (Fsp3) is 0. The maximum Gasteiger partial charge on any atom is 0.143 e. The van der Waals surface area contributed by atoms with Crippen LogP contribution in [0, 0.1) is 0 Å². The number of fused-ring (bicyclic) bond motifs is 27. The molecule has 0 aliphatic heterocycles. The molecule has 0 saturated heterocycles. The highest BCUT2D eigenvalue weighted by Gasteiger charge is 2.26. The van der Waals surface area contributed by atoms with Gasteiger partial charge in [0.25, 0.3) is 0 Å². The molecule has 0 N–H and O–H groups in total. The summed E-state index contributed by atoms with van der Waals surface area (Å²) in [5, 5.41) is 21.8. The smallest absolute Gasteiger partial charge is 0.143 e. The third-order valence-corrected chi connectivity index (χ3v) is 30.4. The monoisotopic (exact) mass is 1870 g/mol. The summed E-state index contributed by atoms with van der Waals surface area (Å²) in [4.78, 5) is 0. The summed E-state index contributed by atoms with van der Waals surface area (Å²) in [7, 11) is 0. The van der Waals surface area contributed by atoms with Gasteiger partial charge in [-0.3, -0.25) is 0 Å². The zero-order valence-electron chi connectivity index (χ0n) is 79.6. The van der Waals surface area contributed by atoms with Crippen LogP contribution in [0.3, 0.4) is 0 Å². The minimum absolute atomic E-state index is 0.915. The second-order valence-electron chi connectivity index (χ2n) is 38.4. The standard InChI is InChI=1S/2C48H30N2O.C42H26N2O/c1-2-12-31(13-3-1)33-14-10-15-35(28-33)50-44-22-8-5-17-38(44)42-29-45-41(30-46(42)50)37-16-4-7-21-43(37)49(45)34-26-24-32(25-27-34)36-19-11-20-40-39-18-6-9-23-47(39)51-48(36)40;1-2-11-31(12-3-1)32-21-25-34(26-22-32)49-43-18-7-4-13-37(43)41-30-46-42(29-45(41)49)38-14-5-8-19-44(38)50(46)35-27-23-33(24-28-35)36-16-10-17-40-39-15-6-9-20-47(39)51-48(36)40;1-2-11-28(12-3-1)43-37-18-7-4-13-31(37)35-26-40-36(25-39(35)43)32-14-5-8-19-38(32)44(40)29-23-21-27(22-24-29)30-16-10-17-34-33-15-6-9-20-41(33)45-42(30)34/h2*1-30H;1-26H. The largest absolute Gasteiger partial charge is 0.455 e. The van der Waals surface area contributed by atoms with Crippen molar-refractivity contribution < 1.29 is 13.3 Å². The molecule has 0 atom stereocenters. The summed E-state index contributed by atoms with van der Waals surface area (Å²) >= 11 is 0. The molecule has 0 aliphatic carbocycles. The molecule has 0 aliphatic rings. The average Bonchev–Trinajstić information content (AvgIpc) is 1.56. The number of benzene rings is 23. The van der Waals surface area contributed by atoms with Crippen LogP contribution in [0.2, 0.25) is 0 Å². The number of hydrogen-bond acceptors (Lipinski definition) is 3. The van der Waals surface area contributed by atoms with E-state index in [2.05, 4.69) is 513 Å². The van der Waals surface area contributed by atoms with Gasteiger partial charge in [0.2, 0.25) is 0 Å². The minimum Gasteiger partial charge on any atom is -0.455 e. The summed E-state index contributed by atoms with van der Waals surface area (Å²) in [6.07, 6.45) is 0. The first-order valence-corrected chi connectivity index (χ1v) is 50.2. The molecule has 0 saturated carbocycles. The van der Waals surface area contributed by atoms with Crippen molar-refractivity contribution in [2.45, 2.75) is 0 Å². The van der Waals surface area contributed by atoms with Crippen LogP contribution < -0.4 is 0 Å². The van der Waals surface area contributed by atoms with Crippen molar-refractivity contribution in [1.82, 2.24) is 27.4 Å². The van der Waals surface area contributed by atoms with Crippen LogP contribution in [0.1, 0.15) is 0 Å². The Kier molecular flexibility index (Phi) is 18.9. The molecule has 0 amide bonds. The molecule has 32 rings (SSSR count). The van der Waals surface area contributed by atoms with Crippen molar-refractivity contribution in [1.29, 1.82) is 0 Å².